The molecular weight excluding hydrogens is 433 g/mol. The van der Waals surface area contributed by atoms with Gasteiger partial charge in [-0.1, -0.05) is 68.7 Å². The van der Waals surface area contributed by atoms with Crippen LogP contribution in [0.4, 0.5) is 24.5 Å². The summed E-state index contributed by atoms with van der Waals surface area (Å²) in [5, 5.41) is 10.3. The first-order valence-electron chi connectivity index (χ1n) is 11.2. The summed E-state index contributed by atoms with van der Waals surface area (Å²) in [6.45, 7) is 4.22. The summed E-state index contributed by atoms with van der Waals surface area (Å²) in [7, 11) is 0. The largest absolute Gasteiger partial charge is 0.490 e. The Labute approximate surface area is 192 Å². The topological polar surface area (TPSA) is 69.6 Å². The van der Waals surface area contributed by atoms with Crippen LogP contribution in [0.5, 0.6) is 0 Å². The van der Waals surface area contributed by atoms with Crippen LogP contribution in [0.2, 0.25) is 0 Å². The lowest BCUT2D eigenvalue weighted by Gasteiger charge is -2.29. The minimum absolute atomic E-state index is 0.0817. The van der Waals surface area contributed by atoms with Gasteiger partial charge in [-0.25, -0.2) is 4.79 Å². The Balaban J connectivity index is 0.000000479. The Morgan fingerprint density at radius 3 is 2.00 bits per heavy atom. The van der Waals surface area contributed by atoms with E-state index in [0.29, 0.717) is 0 Å². The van der Waals surface area contributed by atoms with Crippen molar-refractivity contribution in [2.45, 2.75) is 57.5 Å². The lowest BCUT2D eigenvalue weighted by Crippen LogP contribution is -2.29. The maximum atomic E-state index is 13.0. The molecular formula is C25H31F3N2O3. The zero-order valence-corrected chi connectivity index (χ0v) is 18.8. The van der Waals surface area contributed by atoms with E-state index in [9.17, 15) is 18.0 Å². The van der Waals surface area contributed by atoms with Gasteiger partial charge in [0.2, 0.25) is 5.91 Å². The van der Waals surface area contributed by atoms with E-state index >= 15 is 0 Å². The Kier molecular flexibility index (Phi) is 10.2. The average molecular weight is 465 g/mol. The molecule has 0 aromatic heterocycles. The summed E-state index contributed by atoms with van der Waals surface area (Å²) in [6, 6.07) is 18.3. The molecule has 1 unspecified atom stereocenters. The Hall–Kier alpha value is -3.03. The molecule has 2 aromatic rings. The van der Waals surface area contributed by atoms with Crippen molar-refractivity contribution >= 4 is 23.3 Å². The lowest BCUT2D eigenvalue weighted by molar-refractivity contribution is -0.192. The van der Waals surface area contributed by atoms with Gasteiger partial charge in [-0.05, 0) is 37.0 Å². The molecule has 1 heterocycles. The third kappa shape index (κ3) is 8.44. The highest BCUT2D eigenvalue weighted by Gasteiger charge is 2.38. The van der Waals surface area contributed by atoms with Crippen LogP contribution in [0.15, 0.2) is 54.6 Å². The van der Waals surface area contributed by atoms with Crippen LogP contribution in [-0.4, -0.2) is 36.2 Å². The first-order valence-corrected chi connectivity index (χ1v) is 11.2. The molecule has 0 spiro atoms. The van der Waals surface area contributed by atoms with Crippen molar-refractivity contribution in [2.75, 3.05) is 23.3 Å². The van der Waals surface area contributed by atoms with Gasteiger partial charge in [0.25, 0.3) is 0 Å². The number of carboxylic acid groups (broad SMARTS) is 1. The second kappa shape index (κ2) is 12.9. The lowest BCUT2D eigenvalue weighted by atomic mass is 9.95. The van der Waals surface area contributed by atoms with Crippen LogP contribution in [0, 0.1) is 0 Å². The molecule has 1 atom stereocenters. The molecule has 5 nitrogen and oxygen atoms in total. The van der Waals surface area contributed by atoms with Crippen molar-refractivity contribution in [3.05, 3.63) is 60.2 Å². The van der Waals surface area contributed by atoms with Crippen molar-refractivity contribution in [1.82, 2.24) is 0 Å². The second-order valence-corrected chi connectivity index (χ2v) is 7.94. The van der Waals surface area contributed by atoms with Crippen molar-refractivity contribution in [2.24, 2.45) is 0 Å². The van der Waals surface area contributed by atoms with Crippen molar-refractivity contribution in [3.8, 4) is 0 Å². The van der Waals surface area contributed by atoms with Crippen molar-refractivity contribution < 1.29 is 27.9 Å². The summed E-state index contributed by atoms with van der Waals surface area (Å²) >= 11 is 0. The van der Waals surface area contributed by atoms with Gasteiger partial charge in [0.1, 0.15) is 0 Å². The van der Waals surface area contributed by atoms with Crippen LogP contribution < -0.4 is 10.2 Å². The van der Waals surface area contributed by atoms with Crippen LogP contribution in [0.3, 0.4) is 0 Å². The zero-order valence-electron chi connectivity index (χ0n) is 18.8. The smallest absolute Gasteiger partial charge is 0.475 e. The number of nitrogens with zero attached hydrogens (tertiary/aromatic N) is 1. The summed E-state index contributed by atoms with van der Waals surface area (Å²) in [6.07, 6.45) is 2.12. The van der Waals surface area contributed by atoms with E-state index in [-0.39, 0.29) is 11.8 Å². The van der Waals surface area contributed by atoms with Gasteiger partial charge in [0, 0.05) is 13.1 Å². The van der Waals surface area contributed by atoms with Gasteiger partial charge in [0.15, 0.2) is 0 Å². The predicted molar refractivity (Wildman–Crippen MR) is 124 cm³/mol. The fourth-order valence-electron chi connectivity index (χ4n) is 3.82. The molecule has 0 radical (unpaired) electrons. The number of halogens is 3. The fraction of sp³-hybridized carbons (Fsp3) is 0.440. The van der Waals surface area contributed by atoms with Crippen molar-refractivity contribution in [3.63, 3.8) is 0 Å². The first kappa shape index (κ1) is 26.2. The van der Waals surface area contributed by atoms with E-state index in [1.807, 2.05) is 42.5 Å². The number of amides is 1. The number of anilines is 2. The van der Waals surface area contributed by atoms with Gasteiger partial charge in [-0.3, -0.25) is 4.79 Å². The normalized spacial score (nSPS) is 15.3. The van der Waals surface area contributed by atoms with Gasteiger partial charge in [-0.15, -0.1) is 0 Å². The standard InChI is InChI=1S/C23H30N2O.C2HF3O2/c1-2-20(19-13-7-6-8-14-19)23(26)24-21-15-9-10-16-22(21)25-17-11-4-3-5-12-18-25;3-2(4,5)1(6)7/h6-10,13-16,20H,2-5,11-12,17-18H2,1H3,(H,24,26);(H,6,7). The highest BCUT2D eigenvalue weighted by Crippen LogP contribution is 2.29. The molecule has 0 bridgehead atoms. The number of nitrogens with one attached hydrogen (secondary N) is 1. The predicted octanol–water partition coefficient (Wildman–Crippen LogP) is 6.22. The Morgan fingerprint density at radius 2 is 1.45 bits per heavy atom. The number of carboxylic acids is 1. The third-order valence-electron chi connectivity index (χ3n) is 5.53. The molecule has 1 aliphatic rings. The van der Waals surface area contributed by atoms with Gasteiger partial charge < -0.3 is 15.3 Å². The molecule has 1 saturated heterocycles. The number of hydrogen-bond acceptors (Lipinski definition) is 3. The molecule has 2 N–H and O–H groups in total. The summed E-state index contributed by atoms with van der Waals surface area (Å²) in [4.78, 5) is 24.3. The van der Waals surface area contributed by atoms with Crippen LogP contribution in [0.25, 0.3) is 0 Å². The number of benzene rings is 2. The van der Waals surface area contributed by atoms with Gasteiger partial charge >= 0.3 is 12.1 Å². The molecule has 180 valence electrons. The highest BCUT2D eigenvalue weighted by atomic mass is 19.4. The van der Waals surface area contributed by atoms with Crippen molar-refractivity contribution in [1.29, 1.82) is 0 Å². The number of hydrogen-bond donors (Lipinski definition) is 2. The third-order valence-corrected chi connectivity index (χ3v) is 5.53. The molecule has 1 fully saturated rings. The maximum Gasteiger partial charge on any atom is 0.490 e. The number of carbonyl (C=O) groups excluding carboxylic acids is 1. The first-order chi connectivity index (χ1) is 15.7. The quantitative estimate of drug-likeness (QED) is 0.551. The molecule has 1 amide bonds. The molecule has 3 rings (SSSR count). The summed E-state index contributed by atoms with van der Waals surface area (Å²) in [5.74, 6) is -2.79. The molecule has 0 aliphatic carbocycles. The highest BCUT2D eigenvalue weighted by molar-refractivity contribution is 5.98. The Morgan fingerprint density at radius 1 is 0.939 bits per heavy atom. The maximum absolute atomic E-state index is 13.0. The number of carbonyl (C=O) groups is 2. The number of rotatable bonds is 5. The van der Waals surface area contributed by atoms with Crippen LogP contribution in [0.1, 0.15) is 56.9 Å². The average Bonchev–Trinajstić information content (AvgIpc) is 2.75. The van der Waals surface area contributed by atoms with E-state index in [1.165, 1.54) is 32.1 Å². The SMILES string of the molecule is CCC(C(=O)Nc1ccccc1N1CCCCCCC1)c1ccccc1.O=C(O)C(F)(F)F. The molecule has 8 heteroatoms. The van der Waals surface area contributed by atoms with Crippen LogP contribution in [-0.2, 0) is 9.59 Å². The number of alkyl halides is 3. The fourth-order valence-corrected chi connectivity index (χ4v) is 3.82. The van der Waals surface area contributed by atoms with E-state index in [1.54, 1.807) is 0 Å². The second-order valence-electron chi connectivity index (χ2n) is 7.94. The molecule has 1 aliphatic heterocycles. The molecule has 33 heavy (non-hydrogen) atoms. The molecule has 0 saturated carbocycles. The van der Waals surface area contributed by atoms with E-state index < -0.39 is 12.1 Å². The van der Waals surface area contributed by atoms with E-state index in [4.69, 9.17) is 9.90 Å². The number of aliphatic carboxylic acids is 1. The zero-order chi connectivity index (χ0) is 24.3. The summed E-state index contributed by atoms with van der Waals surface area (Å²) < 4.78 is 31.7. The number of para-hydroxylation sites is 2. The molecule has 2 aromatic carbocycles. The Bertz CT molecular complexity index is 880. The van der Waals surface area contributed by atoms with Gasteiger partial charge in [0.05, 0.1) is 17.3 Å². The van der Waals surface area contributed by atoms with E-state index in [0.717, 1.165) is 36.4 Å². The van der Waals surface area contributed by atoms with Crippen LogP contribution >= 0.6 is 0 Å². The van der Waals surface area contributed by atoms with E-state index in [2.05, 4.69) is 29.3 Å². The summed E-state index contributed by atoms with van der Waals surface area (Å²) in [5.41, 5.74) is 3.18. The monoisotopic (exact) mass is 464 g/mol. The minimum atomic E-state index is -5.08. The minimum Gasteiger partial charge on any atom is -0.475 e. The van der Waals surface area contributed by atoms with Gasteiger partial charge in [-0.2, -0.15) is 13.2 Å².